The van der Waals surface area contributed by atoms with Crippen molar-refractivity contribution in [2.45, 2.75) is 4.90 Å². The van der Waals surface area contributed by atoms with Gasteiger partial charge >= 0.3 is 0 Å². The number of aromatic nitrogens is 1. The fourth-order valence-corrected chi connectivity index (χ4v) is 6.34. The zero-order valence-electron chi connectivity index (χ0n) is 20.2. The quantitative estimate of drug-likeness (QED) is 0.341. The zero-order chi connectivity index (χ0) is 26.7. The molecule has 2 N–H and O–H groups in total. The van der Waals surface area contributed by atoms with Crippen LogP contribution in [0.2, 0.25) is 0 Å². The van der Waals surface area contributed by atoms with Crippen molar-refractivity contribution in [1.82, 2.24) is 15.2 Å². The van der Waals surface area contributed by atoms with Gasteiger partial charge in [0.2, 0.25) is 0 Å². The van der Waals surface area contributed by atoms with Gasteiger partial charge in [0.05, 0.1) is 9.60 Å². The van der Waals surface area contributed by atoms with E-state index in [-0.39, 0.29) is 16.3 Å². The van der Waals surface area contributed by atoms with Gasteiger partial charge in [-0.05, 0) is 36.4 Å². The number of amides is 1. The van der Waals surface area contributed by atoms with Crippen LogP contribution in [0.3, 0.4) is 0 Å². The molecule has 198 valence electrons. The Balaban J connectivity index is 1.11. The highest BCUT2D eigenvalue weighted by molar-refractivity contribution is 7.92. The van der Waals surface area contributed by atoms with Crippen molar-refractivity contribution in [1.29, 1.82) is 0 Å². The molecule has 3 aromatic carbocycles. The minimum absolute atomic E-state index is 0.138. The minimum atomic E-state index is -3.76. The molecule has 2 heterocycles. The van der Waals surface area contributed by atoms with Crippen molar-refractivity contribution in [3.05, 3.63) is 83.9 Å². The van der Waals surface area contributed by atoms with Gasteiger partial charge < -0.3 is 10.2 Å². The molecule has 38 heavy (non-hydrogen) atoms. The number of hydrogen-bond donors (Lipinski definition) is 2. The smallest absolute Gasteiger partial charge is 0.261 e. The Morgan fingerprint density at radius 2 is 1.74 bits per heavy atom. The molecule has 8 nitrogen and oxygen atoms in total. The SMILES string of the molecule is O=C(NCCN1CCN(c2nc3c(F)cc(F)cc3s2)CC1)c1cccc(NS(=O)(=O)c2ccccc2)c1. The number of nitrogens with zero attached hydrogens (tertiary/aromatic N) is 3. The molecule has 1 aliphatic heterocycles. The molecule has 0 radical (unpaired) electrons. The molecule has 0 atom stereocenters. The fraction of sp³-hybridized carbons (Fsp3) is 0.231. The molecule has 0 bridgehead atoms. The molecule has 5 rings (SSSR count). The number of halogens is 2. The molecule has 1 aromatic heterocycles. The summed E-state index contributed by atoms with van der Waals surface area (Å²) in [5.74, 6) is -1.57. The standard InChI is InChI=1S/C26H25F2N5O3S2/c27-19-16-22(28)24-23(17-19)37-26(30-24)33-13-11-32(12-14-33)10-9-29-25(34)18-5-4-6-20(15-18)31-38(35,36)21-7-2-1-3-8-21/h1-8,15-17,31H,9-14H2,(H,29,34). The van der Waals surface area contributed by atoms with E-state index in [4.69, 9.17) is 0 Å². The number of sulfonamides is 1. The number of anilines is 2. The van der Waals surface area contributed by atoms with Crippen molar-refractivity contribution in [3.8, 4) is 0 Å². The van der Waals surface area contributed by atoms with Gasteiger partial charge in [-0.3, -0.25) is 14.4 Å². The van der Waals surface area contributed by atoms with Crippen LogP contribution in [0.4, 0.5) is 19.6 Å². The summed E-state index contributed by atoms with van der Waals surface area (Å²) in [7, 11) is -3.76. The van der Waals surface area contributed by atoms with Crippen LogP contribution in [0.25, 0.3) is 10.2 Å². The predicted octanol–water partition coefficient (Wildman–Crippen LogP) is 3.93. The lowest BCUT2D eigenvalue weighted by atomic mass is 10.2. The largest absolute Gasteiger partial charge is 0.351 e. The average Bonchev–Trinajstić information content (AvgIpc) is 3.34. The van der Waals surface area contributed by atoms with Crippen LogP contribution in [0.5, 0.6) is 0 Å². The van der Waals surface area contributed by atoms with E-state index in [1.807, 2.05) is 0 Å². The summed E-state index contributed by atoms with van der Waals surface area (Å²) >= 11 is 1.27. The average molecular weight is 558 g/mol. The van der Waals surface area contributed by atoms with E-state index < -0.39 is 21.7 Å². The molecule has 0 saturated carbocycles. The molecular weight excluding hydrogens is 532 g/mol. The van der Waals surface area contributed by atoms with Gasteiger partial charge in [0.1, 0.15) is 11.3 Å². The summed E-state index contributed by atoms with van der Waals surface area (Å²) < 4.78 is 55.6. The number of nitrogens with one attached hydrogen (secondary N) is 2. The van der Waals surface area contributed by atoms with E-state index in [0.717, 1.165) is 19.2 Å². The number of piperazine rings is 1. The van der Waals surface area contributed by atoms with Gasteiger partial charge in [0.25, 0.3) is 15.9 Å². The topological polar surface area (TPSA) is 94.6 Å². The third-order valence-corrected chi connectivity index (χ3v) is 8.65. The predicted molar refractivity (Wildman–Crippen MR) is 144 cm³/mol. The second-order valence-corrected chi connectivity index (χ2v) is 11.5. The number of hydrogen-bond acceptors (Lipinski definition) is 7. The molecule has 1 amide bonds. The first-order valence-corrected chi connectivity index (χ1v) is 14.3. The van der Waals surface area contributed by atoms with Crippen LogP contribution in [0, 0.1) is 11.6 Å². The van der Waals surface area contributed by atoms with Gasteiger partial charge in [-0.2, -0.15) is 0 Å². The Bertz CT molecular complexity index is 1560. The number of carbonyl (C=O) groups is 1. The summed E-state index contributed by atoms with van der Waals surface area (Å²) in [4.78, 5) is 21.4. The van der Waals surface area contributed by atoms with Crippen LogP contribution in [0.1, 0.15) is 10.4 Å². The van der Waals surface area contributed by atoms with Gasteiger partial charge in [0, 0.05) is 56.6 Å². The van der Waals surface area contributed by atoms with E-state index in [0.29, 0.717) is 47.3 Å². The number of thiazole rings is 1. The van der Waals surface area contributed by atoms with Gasteiger partial charge in [0.15, 0.2) is 10.9 Å². The van der Waals surface area contributed by atoms with Gasteiger partial charge in [-0.25, -0.2) is 22.2 Å². The maximum atomic E-state index is 14.0. The number of carbonyl (C=O) groups excluding carboxylic acids is 1. The van der Waals surface area contributed by atoms with Crippen LogP contribution in [0.15, 0.2) is 71.6 Å². The van der Waals surface area contributed by atoms with E-state index in [9.17, 15) is 22.0 Å². The maximum absolute atomic E-state index is 14.0. The Morgan fingerprint density at radius 1 is 0.974 bits per heavy atom. The first-order chi connectivity index (χ1) is 18.3. The third-order valence-electron chi connectivity index (χ3n) is 6.19. The fourth-order valence-electron chi connectivity index (χ4n) is 4.21. The molecule has 0 aliphatic carbocycles. The molecule has 0 unspecified atom stereocenters. The maximum Gasteiger partial charge on any atom is 0.261 e. The second-order valence-electron chi connectivity index (χ2n) is 8.81. The second kappa shape index (κ2) is 11.0. The Morgan fingerprint density at radius 3 is 2.50 bits per heavy atom. The highest BCUT2D eigenvalue weighted by atomic mass is 32.2. The Kier molecular flexibility index (Phi) is 7.54. The van der Waals surface area contributed by atoms with Crippen molar-refractivity contribution < 1.29 is 22.0 Å². The summed E-state index contributed by atoms with van der Waals surface area (Å²) in [6.07, 6.45) is 0. The van der Waals surface area contributed by atoms with E-state index in [1.165, 1.54) is 35.6 Å². The van der Waals surface area contributed by atoms with Crippen molar-refractivity contribution >= 4 is 48.3 Å². The number of fused-ring (bicyclic) bond motifs is 1. The lowest BCUT2D eigenvalue weighted by Crippen LogP contribution is -2.48. The molecule has 1 saturated heterocycles. The van der Waals surface area contributed by atoms with Crippen LogP contribution >= 0.6 is 11.3 Å². The molecule has 1 fully saturated rings. The van der Waals surface area contributed by atoms with E-state index in [1.54, 1.807) is 36.4 Å². The number of rotatable bonds is 8. The Labute approximate surface area is 223 Å². The van der Waals surface area contributed by atoms with Crippen molar-refractivity contribution in [2.75, 3.05) is 48.9 Å². The highest BCUT2D eigenvalue weighted by Gasteiger charge is 2.21. The lowest BCUT2D eigenvalue weighted by molar-refractivity contribution is 0.0947. The monoisotopic (exact) mass is 557 g/mol. The zero-order valence-corrected chi connectivity index (χ0v) is 21.9. The first-order valence-electron chi connectivity index (χ1n) is 12.0. The number of benzene rings is 3. The van der Waals surface area contributed by atoms with Crippen LogP contribution in [-0.2, 0) is 10.0 Å². The van der Waals surface area contributed by atoms with E-state index >= 15 is 0 Å². The lowest BCUT2D eigenvalue weighted by Gasteiger charge is -2.34. The molecule has 1 aliphatic rings. The third kappa shape index (κ3) is 5.93. The molecule has 12 heteroatoms. The van der Waals surface area contributed by atoms with Gasteiger partial charge in [-0.1, -0.05) is 35.6 Å². The van der Waals surface area contributed by atoms with Crippen LogP contribution in [-0.4, -0.2) is 63.5 Å². The molecular formula is C26H25F2N5O3S2. The van der Waals surface area contributed by atoms with Crippen molar-refractivity contribution in [2.24, 2.45) is 0 Å². The normalized spacial score (nSPS) is 14.5. The summed E-state index contributed by atoms with van der Waals surface area (Å²) in [6, 6.07) is 16.5. The summed E-state index contributed by atoms with van der Waals surface area (Å²) in [6.45, 7) is 3.89. The summed E-state index contributed by atoms with van der Waals surface area (Å²) in [5.41, 5.74) is 0.839. The van der Waals surface area contributed by atoms with Crippen LogP contribution < -0.4 is 14.9 Å². The summed E-state index contributed by atoms with van der Waals surface area (Å²) in [5, 5.41) is 3.55. The highest BCUT2D eigenvalue weighted by Crippen LogP contribution is 2.31. The first kappa shape index (κ1) is 26.0. The minimum Gasteiger partial charge on any atom is -0.351 e. The Hall–Kier alpha value is -3.61. The molecule has 0 spiro atoms. The molecule has 4 aromatic rings. The van der Waals surface area contributed by atoms with Gasteiger partial charge in [-0.15, -0.1) is 0 Å². The van der Waals surface area contributed by atoms with E-state index in [2.05, 4.69) is 24.8 Å². The van der Waals surface area contributed by atoms with Crippen molar-refractivity contribution in [3.63, 3.8) is 0 Å².